The summed E-state index contributed by atoms with van der Waals surface area (Å²) in [5.74, 6) is 0.378. The number of aromatic nitrogens is 2. The second-order valence-electron chi connectivity index (χ2n) is 3.89. The minimum atomic E-state index is -0.455. The summed E-state index contributed by atoms with van der Waals surface area (Å²) in [7, 11) is 1.83. The first-order valence-electron chi connectivity index (χ1n) is 5.58. The van der Waals surface area contributed by atoms with Gasteiger partial charge in [0.15, 0.2) is 0 Å². The van der Waals surface area contributed by atoms with Gasteiger partial charge in [-0.2, -0.15) is 5.26 Å². The van der Waals surface area contributed by atoms with Crippen LogP contribution in [-0.2, 0) is 13.1 Å². The molecule has 0 saturated heterocycles. The topological polar surface area (TPSA) is 53.6 Å². The molecule has 0 aliphatic carbocycles. The molecule has 4 nitrogen and oxygen atoms in total. The minimum Gasteiger partial charge on any atom is -0.329 e. The smallest absolute Gasteiger partial charge is 0.145 e. The molecule has 2 rings (SSSR count). The van der Waals surface area contributed by atoms with Crippen LogP contribution in [0.5, 0.6) is 0 Å². The molecule has 0 saturated carbocycles. The van der Waals surface area contributed by atoms with Crippen LogP contribution < -0.4 is 5.32 Å². The van der Waals surface area contributed by atoms with Gasteiger partial charge in [-0.05, 0) is 13.1 Å². The van der Waals surface area contributed by atoms with Crippen LogP contribution in [0.1, 0.15) is 17.0 Å². The van der Waals surface area contributed by atoms with Crippen molar-refractivity contribution in [2.75, 3.05) is 7.05 Å². The molecule has 0 radical (unpaired) electrons. The van der Waals surface area contributed by atoms with Gasteiger partial charge < -0.3 is 9.88 Å². The molecule has 0 aliphatic heterocycles. The predicted molar refractivity (Wildman–Crippen MR) is 65.2 cm³/mol. The highest BCUT2D eigenvalue weighted by atomic mass is 19.1. The Morgan fingerprint density at radius 1 is 1.50 bits per heavy atom. The summed E-state index contributed by atoms with van der Waals surface area (Å²) in [5, 5.41) is 11.8. The van der Waals surface area contributed by atoms with E-state index in [4.69, 9.17) is 5.26 Å². The number of hydrogen-bond donors (Lipinski definition) is 1. The molecule has 0 bridgehead atoms. The van der Waals surface area contributed by atoms with Crippen LogP contribution in [0.4, 0.5) is 4.39 Å². The van der Waals surface area contributed by atoms with Gasteiger partial charge in [0.1, 0.15) is 17.7 Å². The average Bonchev–Trinajstić information content (AvgIpc) is 2.80. The summed E-state index contributed by atoms with van der Waals surface area (Å²) in [6.45, 7) is 0.991. The lowest BCUT2D eigenvalue weighted by Gasteiger charge is -2.09. The number of nitrogens with one attached hydrogen (secondary N) is 1. The highest BCUT2D eigenvalue weighted by Crippen LogP contribution is 2.14. The lowest BCUT2D eigenvalue weighted by molar-refractivity contribution is 0.587. The Morgan fingerprint density at radius 3 is 3.06 bits per heavy atom. The van der Waals surface area contributed by atoms with Crippen molar-refractivity contribution in [3.05, 3.63) is 53.4 Å². The molecule has 0 atom stereocenters. The summed E-state index contributed by atoms with van der Waals surface area (Å²) in [6, 6.07) is 6.68. The largest absolute Gasteiger partial charge is 0.329 e. The predicted octanol–water partition coefficient (Wildman–Crippen LogP) is 1.66. The molecule has 1 N–H and O–H groups in total. The Hall–Kier alpha value is -2.19. The van der Waals surface area contributed by atoms with E-state index in [0.29, 0.717) is 18.7 Å². The first kappa shape index (κ1) is 12.3. The van der Waals surface area contributed by atoms with Gasteiger partial charge in [-0.3, -0.25) is 0 Å². The molecular weight excluding hydrogens is 231 g/mol. The van der Waals surface area contributed by atoms with E-state index in [9.17, 15) is 4.39 Å². The van der Waals surface area contributed by atoms with Crippen LogP contribution in [0.2, 0.25) is 0 Å². The van der Waals surface area contributed by atoms with E-state index in [1.807, 2.05) is 17.7 Å². The first-order chi connectivity index (χ1) is 8.76. The van der Waals surface area contributed by atoms with E-state index < -0.39 is 5.82 Å². The van der Waals surface area contributed by atoms with Gasteiger partial charge in [-0.1, -0.05) is 12.1 Å². The van der Waals surface area contributed by atoms with Gasteiger partial charge in [0.05, 0.1) is 18.7 Å². The molecule has 2 aromatic rings. The average molecular weight is 244 g/mol. The third kappa shape index (κ3) is 2.39. The third-order valence-electron chi connectivity index (χ3n) is 2.68. The van der Waals surface area contributed by atoms with E-state index in [1.54, 1.807) is 24.5 Å². The Morgan fingerprint density at radius 2 is 2.33 bits per heavy atom. The van der Waals surface area contributed by atoms with Crippen molar-refractivity contribution < 1.29 is 4.39 Å². The maximum absolute atomic E-state index is 13.9. The summed E-state index contributed by atoms with van der Waals surface area (Å²) in [4.78, 5) is 4.19. The summed E-state index contributed by atoms with van der Waals surface area (Å²) < 4.78 is 15.8. The second kappa shape index (κ2) is 5.43. The maximum Gasteiger partial charge on any atom is 0.145 e. The zero-order valence-corrected chi connectivity index (χ0v) is 10.0. The van der Waals surface area contributed by atoms with E-state index in [2.05, 4.69) is 10.3 Å². The van der Waals surface area contributed by atoms with E-state index in [1.165, 1.54) is 6.07 Å². The number of hydrogen-bond acceptors (Lipinski definition) is 3. The Balaban J connectivity index is 2.29. The minimum absolute atomic E-state index is 0.0720. The monoisotopic (exact) mass is 244 g/mol. The van der Waals surface area contributed by atoms with Crippen molar-refractivity contribution in [1.82, 2.24) is 14.9 Å². The van der Waals surface area contributed by atoms with E-state index >= 15 is 0 Å². The number of nitriles is 1. The fraction of sp³-hybridized carbons (Fsp3) is 0.231. The van der Waals surface area contributed by atoms with Crippen molar-refractivity contribution in [1.29, 1.82) is 5.26 Å². The number of rotatable bonds is 4. The van der Waals surface area contributed by atoms with Crippen LogP contribution in [0.25, 0.3) is 0 Å². The normalized spacial score (nSPS) is 10.3. The highest BCUT2D eigenvalue weighted by molar-refractivity contribution is 5.35. The van der Waals surface area contributed by atoms with E-state index in [-0.39, 0.29) is 5.56 Å². The lowest BCUT2D eigenvalue weighted by atomic mass is 10.1. The van der Waals surface area contributed by atoms with E-state index in [0.717, 1.165) is 5.82 Å². The zero-order chi connectivity index (χ0) is 13.0. The van der Waals surface area contributed by atoms with Gasteiger partial charge in [-0.15, -0.1) is 0 Å². The fourth-order valence-corrected chi connectivity index (χ4v) is 1.78. The number of nitrogens with zero attached hydrogens (tertiary/aromatic N) is 3. The molecule has 0 fully saturated rings. The zero-order valence-electron chi connectivity index (χ0n) is 10.0. The van der Waals surface area contributed by atoms with Crippen LogP contribution in [0.3, 0.4) is 0 Å². The molecular formula is C13H13FN4. The molecule has 1 aromatic carbocycles. The van der Waals surface area contributed by atoms with Crippen molar-refractivity contribution in [3.63, 3.8) is 0 Å². The van der Waals surface area contributed by atoms with Gasteiger partial charge in [-0.25, -0.2) is 9.37 Å². The van der Waals surface area contributed by atoms with Crippen molar-refractivity contribution in [2.45, 2.75) is 13.1 Å². The maximum atomic E-state index is 13.9. The number of imidazole rings is 1. The van der Waals surface area contributed by atoms with Crippen LogP contribution in [-0.4, -0.2) is 16.6 Å². The number of benzene rings is 1. The molecule has 5 heteroatoms. The Labute approximate surface area is 105 Å². The molecule has 0 unspecified atom stereocenters. The standard InChI is InChI=1S/C13H13FN4/c1-16-8-12-17-5-6-18(12)9-11-4-2-3-10(7-15)13(11)14/h2-6,16H,8-9H2,1H3. The van der Waals surface area contributed by atoms with Crippen molar-refractivity contribution in [2.24, 2.45) is 0 Å². The Bertz CT molecular complexity index is 583. The quantitative estimate of drug-likeness (QED) is 0.890. The molecule has 18 heavy (non-hydrogen) atoms. The third-order valence-corrected chi connectivity index (χ3v) is 2.68. The molecule has 0 aliphatic rings. The van der Waals surface area contributed by atoms with Crippen molar-refractivity contribution in [3.8, 4) is 6.07 Å². The summed E-state index contributed by atoms with van der Waals surface area (Å²) in [6.07, 6.45) is 3.48. The molecule has 92 valence electrons. The van der Waals surface area contributed by atoms with Gasteiger partial charge >= 0.3 is 0 Å². The molecule has 0 spiro atoms. The van der Waals surface area contributed by atoms with Crippen molar-refractivity contribution >= 4 is 0 Å². The highest BCUT2D eigenvalue weighted by Gasteiger charge is 2.09. The van der Waals surface area contributed by atoms with Crippen LogP contribution in [0.15, 0.2) is 30.6 Å². The van der Waals surface area contributed by atoms with Crippen LogP contribution >= 0.6 is 0 Å². The SMILES string of the molecule is CNCc1nccn1Cc1cccc(C#N)c1F. The molecule has 0 amide bonds. The first-order valence-corrected chi connectivity index (χ1v) is 5.58. The van der Waals surface area contributed by atoms with Gasteiger partial charge in [0.2, 0.25) is 0 Å². The Kier molecular flexibility index (Phi) is 3.70. The summed E-state index contributed by atoms with van der Waals surface area (Å²) >= 11 is 0. The fourth-order valence-electron chi connectivity index (χ4n) is 1.78. The van der Waals surface area contributed by atoms with Gasteiger partial charge in [0, 0.05) is 18.0 Å². The number of halogens is 1. The summed E-state index contributed by atoms with van der Waals surface area (Å²) in [5.41, 5.74) is 0.562. The lowest BCUT2D eigenvalue weighted by Crippen LogP contribution is -2.13. The molecule has 1 heterocycles. The van der Waals surface area contributed by atoms with Crippen LogP contribution in [0, 0.1) is 17.1 Å². The second-order valence-corrected chi connectivity index (χ2v) is 3.89. The van der Waals surface area contributed by atoms with Gasteiger partial charge in [0.25, 0.3) is 0 Å². The molecule has 1 aromatic heterocycles.